The maximum atomic E-state index is 13.5. The van der Waals surface area contributed by atoms with Gasteiger partial charge in [0.1, 0.15) is 0 Å². The first kappa shape index (κ1) is 13.9. The lowest BCUT2D eigenvalue weighted by Crippen LogP contribution is -2.34. The second-order valence-electron chi connectivity index (χ2n) is 4.94. The van der Waals surface area contributed by atoms with Crippen LogP contribution < -0.4 is 0 Å². The molecule has 6 heteroatoms. The minimum Gasteiger partial charge on any atom is -0.396 e. The molecule has 0 amide bonds. The molecule has 19 heavy (non-hydrogen) atoms. The summed E-state index contributed by atoms with van der Waals surface area (Å²) in [6.45, 7) is 2.54. The van der Waals surface area contributed by atoms with Crippen LogP contribution in [0.5, 0.6) is 0 Å². The number of aliphatic hydroxyl groups excluding tert-OH is 1. The Kier molecular flexibility index (Phi) is 4.44. The standard InChI is InChI=1S/C13H17FN2O3/c14-12-7-11(1-2-13(12)16(18)19)8-15-5-3-10(9-17)4-6-15/h1-2,7,10,17H,3-6,8-9H2. The summed E-state index contributed by atoms with van der Waals surface area (Å²) in [5, 5.41) is 19.6. The monoisotopic (exact) mass is 268 g/mol. The number of piperidine rings is 1. The fourth-order valence-corrected chi connectivity index (χ4v) is 2.38. The van der Waals surface area contributed by atoms with Crippen molar-refractivity contribution in [3.8, 4) is 0 Å². The molecule has 0 aromatic heterocycles. The van der Waals surface area contributed by atoms with Crippen molar-refractivity contribution in [3.63, 3.8) is 0 Å². The van der Waals surface area contributed by atoms with E-state index in [4.69, 9.17) is 5.11 Å². The van der Waals surface area contributed by atoms with Crippen molar-refractivity contribution in [2.24, 2.45) is 5.92 Å². The average Bonchev–Trinajstić information content (AvgIpc) is 2.39. The van der Waals surface area contributed by atoms with E-state index in [0.29, 0.717) is 12.5 Å². The van der Waals surface area contributed by atoms with Gasteiger partial charge in [-0.2, -0.15) is 4.39 Å². The summed E-state index contributed by atoms with van der Waals surface area (Å²) in [7, 11) is 0. The first-order chi connectivity index (χ1) is 9.10. The number of hydrogen-bond donors (Lipinski definition) is 1. The second-order valence-corrected chi connectivity index (χ2v) is 4.94. The van der Waals surface area contributed by atoms with Crippen LogP contribution in [0.15, 0.2) is 18.2 Å². The van der Waals surface area contributed by atoms with E-state index in [1.165, 1.54) is 12.1 Å². The van der Waals surface area contributed by atoms with E-state index in [1.54, 1.807) is 6.07 Å². The molecule has 5 nitrogen and oxygen atoms in total. The van der Waals surface area contributed by atoms with Crippen molar-refractivity contribution in [1.82, 2.24) is 4.90 Å². The van der Waals surface area contributed by atoms with Gasteiger partial charge in [-0.3, -0.25) is 15.0 Å². The lowest BCUT2D eigenvalue weighted by molar-refractivity contribution is -0.387. The number of nitrogens with zero attached hydrogens (tertiary/aromatic N) is 2. The third kappa shape index (κ3) is 3.48. The highest BCUT2D eigenvalue weighted by Crippen LogP contribution is 2.21. The van der Waals surface area contributed by atoms with Crippen LogP contribution in [-0.4, -0.2) is 34.6 Å². The van der Waals surface area contributed by atoms with Gasteiger partial charge in [0.25, 0.3) is 0 Å². The molecule has 1 aliphatic heterocycles. The van der Waals surface area contributed by atoms with Gasteiger partial charge in [0.2, 0.25) is 5.82 Å². The maximum absolute atomic E-state index is 13.5. The van der Waals surface area contributed by atoms with Gasteiger partial charge in [0.05, 0.1) is 4.92 Å². The van der Waals surface area contributed by atoms with Crippen LogP contribution in [0.1, 0.15) is 18.4 Å². The molecule has 0 spiro atoms. The Hall–Kier alpha value is -1.53. The Morgan fingerprint density at radius 1 is 1.42 bits per heavy atom. The number of rotatable bonds is 4. The molecule has 1 N–H and O–H groups in total. The number of aliphatic hydroxyl groups is 1. The molecule has 0 atom stereocenters. The molecule has 2 rings (SSSR count). The molecule has 0 aliphatic carbocycles. The number of hydrogen-bond acceptors (Lipinski definition) is 4. The fraction of sp³-hybridized carbons (Fsp3) is 0.538. The van der Waals surface area contributed by atoms with Crippen molar-refractivity contribution in [2.45, 2.75) is 19.4 Å². The normalized spacial score (nSPS) is 17.6. The maximum Gasteiger partial charge on any atom is 0.304 e. The van der Waals surface area contributed by atoms with Gasteiger partial charge in [0, 0.05) is 19.2 Å². The van der Waals surface area contributed by atoms with Crippen molar-refractivity contribution >= 4 is 5.69 Å². The molecule has 0 bridgehead atoms. The largest absolute Gasteiger partial charge is 0.396 e. The zero-order valence-corrected chi connectivity index (χ0v) is 10.6. The van der Waals surface area contributed by atoms with Crippen LogP contribution in [0.2, 0.25) is 0 Å². The van der Waals surface area contributed by atoms with E-state index < -0.39 is 16.4 Å². The summed E-state index contributed by atoms with van der Waals surface area (Å²) in [6, 6.07) is 4.04. The van der Waals surface area contributed by atoms with Crippen LogP contribution in [0.3, 0.4) is 0 Å². The van der Waals surface area contributed by atoms with E-state index in [1.807, 2.05) is 0 Å². The summed E-state index contributed by atoms with van der Waals surface area (Å²) < 4.78 is 13.5. The predicted octanol–water partition coefficient (Wildman–Crippen LogP) is 1.94. The molecule has 1 aromatic carbocycles. The first-order valence-corrected chi connectivity index (χ1v) is 6.36. The molecule has 1 heterocycles. The molecule has 1 saturated heterocycles. The Morgan fingerprint density at radius 3 is 2.63 bits per heavy atom. The van der Waals surface area contributed by atoms with Crippen molar-refractivity contribution in [1.29, 1.82) is 0 Å². The highest BCUT2D eigenvalue weighted by atomic mass is 19.1. The zero-order chi connectivity index (χ0) is 13.8. The molecule has 1 aromatic rings. The van der Waals surface area contributed by atoms with Crippen LogP contribution in [0, 0.1) is 21.8 Å². The van der Waals surface area contributed by atoms with E-state index in [0.717, 1.165) is 31.5 Å². The van der Waals surface area contributed by atoms with Crippen molar-refractivity contribution < 1.29 is 14.4 Å². The van der Waals surface area contributed by atoms with Gasteiger partial charge in [-0.1, -0.05) is 6.07 Å². The summed E-state index contributed by atoms with van der Waals surface area (Å²) >= 11 is 0. The number of nitro benzene ring substituents is 1. The van der Waals surface area contributed by atoms with Crippen LogP contribution in [-0.2, 0) is 6.54 Å². The average molecular weight is 268 g/mol. The summed E-state index contributed by atoms with van der Waals surface area (Å²) in [5.41, 5.74) is 0.258. The number of halogens is 1. The lowest BCUT2D eigenvalue weighted by Gasteiger charge is -2.30. The number of likely N-dealkylation sites (tertiary alicyclic amines) is 1. The van der Waals surface area contributed by atoms with Crippen LogP contribution in [0.4, 0.5) is 10.1 Å². The minimum absolute atomic E-state index is 0.222. The third-order valence-corrected chi connectivity index (χ3v) is 3.58. The van der Waals surface area contributed by atoms with E-state index in [2.05, 4.69) is 4.90 Å². The second kappa shape index (κ2) is 6.08. The topological polar surface area (TPSA) is 66.6 Å². The SMILES string of the molecule is O=[N+]([O-])c1ccc(CN2CCC(CO)CC2)cc1F. The van der Waals surface area contributed by atoms with Crippen molar-refractivity contribution in [2.75, 3.05) is 19.7 Å². The fourth-order valence-electron chi connectivity index (χ4n) is 2.38. The molecule has 0 saturated carbocycles. The van der Waals surface area contributed by atoms with E-state index in [-0.39, 0.29) is 6.61 Å². The van der Waals surface area contributed by atoms with Gasteiger partial charge in [-0.05, 0) is 43.5 Å². The smallest absolute Gasteiger partial charge is 0.304 e. The summed E-state index contributed by atoms with van der Waals surface area (Å²) in [5.74, 6) is -0.419. The van der Waals surface area contributed by atoms with E-state index >= 15 is 0 Å². The summed E-state index contributed by atoms with van der Waals surface area (Å²) in [4.78, 5) is 12.0. The minimum atomic E-state index is -0.784. The van der Waals surface area contributed by atoms with Crippen LogP contribution >= 0.6 is 0 Å². The number of benzene rings is 1. The Labute approximate surface area is 110 Å². The third-order valence-electron chi connectivity index (χ3n) is 3.58. The first-order valence-electron chi connectivity index (χ1n) is 6.36. The highest BCUT2D eigenvalue weighted by molar-refractivity contribution is 5.34. The Balaban J connectivity index is 1.97. The number of nitro groups is 1. The van der Waals surface area contributed by atoms with Gasteiger partial charge < -0.3 is 5.11 Å². The van der Waals surface area contributed by atoms with Gasteiger partial charge >= 0.3 is 5.69 Å². The molecular weight excluding hydrogens is 251 g/mol. The highest BCUT2D eigenvalue weighted by Gasteiger charge is 2.19. The Bertz CT molecular complexity index is 459. The molecule has 0 radical (unpaired) electrons. The molecular formula is C13H17FN2O3. The predicted molar refractivity (Wildman–Crippen MR) is 68.1 cm³/mol. The van der Waals surface area contributed by atoms with E-state index in [9.17, 15) is 14.5 Å². The summed E-state index contributed by atoms with van der Waals surface area (Å²) in [6.07, 6.45) is 1.87. The van der Waals surface area contributed by atoms with Crippen molar-refractivity contribution in [3.05, 3.63) is 39.7 Å². The van der Waals surface area contributed by atoms with Crippen LogP contribution in [0.25, 0.3) is 0 Å². The van der Waals surface area contributed by atoms with Gasteiger partial charge in [-0.15, -0.1) is 0 Å². The molecule has 1 aliphatic rings. The zero-order valence-electron chi connectivity index (χ0n) is 10.6. The van der Waals surface area contributed by atoms with Gasteiger partial charge in [-0.25, -0.2) is 0 Å². The lowest BCUT2D eigenvalue weighted by atomic mass is 9.97. The molecule has 0 unspecified atom stereocenters. The quantitative estimate of drug-likeness (QED) is 0.669. The molecule has 1 fully saturated rings. The van der Waals surface area contributed by atoms with Gasteiger partial charge in [0.15, 0.2) is 0 Å². The Morgan fingerprint density at radius 2 is 2.11 bits per heavy atom. The molecule has 104 valence electrons.